The Kier molecular flexibility index (Phi) is 8.49. The summed E-state index contributed by atoms with van der Waals surface area (Å²) in [6.45, 7) is 6.24. The van der Waals surface area contributed by atoms with E-state index in [4.69, 9.17) is 5.26 Å². The minimum Gasteiger partial charge on any atom is -0.313 e. The highest BCUT2D eigenvalue weighted by molar-refractivity contribution is 5.85. The Morgan fingerprint density at radius 1 is 1.24 bits per heavy atom. The van der Waals surface area contributed by atoms with Gasteiger partial charge in [-0.3, -0.25) is 0 Å². The van der Waals surface area contributed by atoms with Gasteiger partial charge in [0.1, 0.15) is 0 Å². The van der Waals surface area contributed by atoms with Crippen LogP contribution in [-0.4, -0.2) is 6.54 Å². The predicted octanol–water partition coefficient (Wildman–Crippen LogP) is 3.51. The molecule has 0 spiro atoms. The summed E-state index contributed by atoms with van der Waals surface area (Å²) < 4.78 is 0. The molecular formula is C14H21ClN2. The molecule has 3 heteroatoms. The van der Waals surface area contributed by atoms with E-state index in [2.05, 4.69) is 43.4 Å². The second kappa shape index (κ2) is 9.04. The molecule has 1 aromatic rings. The maximum atomic E-state index is 8.40. The molecule has 2 nitrogen and oxygen atoms in total. The molecule has 94 valence electrons. The van der Waals surface area contributed by atoms with Gasteiger partial charge in [-0.15, -0.1) is 12.4 Å². The first-order valence-corrected chi connectivity index (χ1v) is 5.88. The Labute approximate surface area is 110 Å². The highest BCUT2D eigenvalue weighted by Gasteiger charge is 1.99. The molecule has 0 aliphatic rings. The van der Waals surface area contributed by atoms with Gasteiger partial charge in [-0.2, -0.15) is 5.26 Å². The van der Waals surface area contributed by atoms with Crippen molar-refractivity contribution < 1.29 is 0 Å². The number of unbranched alkanes of at least 4 members (excludes halogenated alkanes) is 2. The molecular weight excluding hydrogens is 232 g/mol. The third-order valence-electron chi connectivity index (χ3n) is 2.92. The second-order valence-electron chi connectivity index (χ2n) is 4.15. The standard InChI is InChI=1S/C14H20N2.ClH/c1-12-7-6-8-14(13(12)2)11-16-10-5-3-4-9-15;/h6-8,16H,3-5,10-11H2,1-2H3;1H. The summed E-state index contributed by atoms with van der Waals surface area (Å²) in [7, 11) is 0. The molecule has 0 heterocycles. The molecule has 0 aliphatic heterocycles. The molecule has 0 saturated heterocycles. The zero-order valence-electron chi connectivity index (χ0n) is 10.6. The fourth-order valence-electron chi connectivity index (χ4n) is 1.68. The fourth-order valence-corrected chi connectivity index (χ4v) is 1.68. The van der Waals surface area contributed by atoms with Crippen LogP contribution in [0, 0.1) is 25.2 Å². The lowest BCUT2D eigenvalue weighted by molar-refractivity contribution is 0.627. The molecule has 1 N–H and O–H groups in total. The van der Waals surface area contributed by atoms with E-state index in [1.54, 1.807) is 0 Å². The predicted molar refractivity (Wildman–Crippen MR) is 74.3 cm³/mol. The van der Waals surface area contributed by atoms with Crippen molar-refractivity contribution in [1.29, 1.82) is 5.26 Å². The first-order valence-electron chi connectivity index (χ1n) is 5.88. The molecule has 0 saturated carbocycles. The second-order valence-corrected chi connectivity index (χ2v) is 4.15. The normalized spacial score (nSPS) is 9.47. The largest absolute Gasteiger partial charge is 0.313 e. The van der Waals surface area contributed by atoms with Gasteiger partial charge in [0.15, 0.2) is 0 Å². The average molecular weight is 253 g/mol. The van der Waals surface area contributed by atoms with Crippen LogP contribution in [0.15, 0.2) is 18.2 Å². The Hall–Kier alpha value is -1.04. The Bertz CT molecular complexity index is 369. The quantitative estimate of drug-likeness (QED) is 0.787. The maximum absolute atomic E-state index is 8.40. The Morgan fingerprint density at radius 3 is 2.71 bits per heavy atom. The van der Waals surface area contributed by atoms with Gasteiger partial charge in [-0.25, -0.2) is 0 Å². The summed E-state index contributed by atoms with van der Waals surface area (Å²) in [6.07, 6.45) is 2.75. The molecule has 1 aromatic carbocycles. The molecule has 0 aliphatic carbocycles. The zero-order valence-corrected chi connectivity index (χ0v) is 11.4. The van der Waals surface area contributed by atoms with Crippen molar-refractivity contribution in [2.45, 2.75) is 39.7 Å². The van der Waals surface area contributed by atoms with E-state index in [1.165, 1.54) is 16.7 Å². The molecule has 0 fully saturated rings. The number of halogens is 1. The molecule has 0 amide bonds. The molecule has 17 heavy (non-hydrogen) atoms. The van der Waals surface area contributed by atoms with Gasteiger partial charge in [0.05, 0.1) is 6.07 Å². The highest BCUT2D eigenvalue weighted by atomic mass is 35.5. The number of rotatable bonds is 6. The summed E-state index contributed by atoms with van der Waals surface area (Å²) in [6, 6.07) is 8.59. The number of benzene rings is 1. The van der Waals surface area contributed by atoms with E-state index in [1.807, 2.05) is 0 Å². The number of hydrogen-bond acceptors (Lipinski definition) is 2. The molecule has 0 aromatic heterocycles. The van der Waals surface area contributed by atoms with E-state index >= 15 is 0 Å². The number of nitriles is 1. The Balaban J connectivity index is 0.00000256. The number of nitrogens with zero attached hydrogens (tertiary/aromatic N) is 1. The smallest absolute Gasteiger partial charge is 0.0621 e. The summed E-state index contributed by atoms with van der Waals surface area (Å²) >= 11 is 0. The fraction of sp³-hybridized carbons (Fsp3) is 0.500. The third kappa shape index (κ3) is 5.72. The van der Waals surface area contributed by atoms with E-state index < -0.39 is 0 Å². The van der Waals surface area contributed by atoms with Gasteiger partial charge in [-0.05, 0) is 49.9 Å². The molecule has 1 rings (SSSR count). The molecule has 0 radical (unpaired) electrons. The van der Waals surface area contributed by atoms with Crippen molar-refractivity contribution in [3.63, 3.8) is 0 Å². The number of hydrogen-bond donors (Lipinski definition) is 1. The van der Waals surface area contributed by atoms with Crippen LogP contribution in [-0.2, 0) is 6.54 Å². The monoisotopic (exact) mass is 252 g/mol. The maximum Gasteiger partial charge on any atom is 0.0621 e. The summed E-state index contributed by atoms with van der Waals surface area (Å²) in [5.74, 6) is 0. The third-order valence-corrected chi connectivity index (χ3v) is 2.92. The van der Waals surface area contributed by atoms with Crippen LogP contribution in [0.1, 0.15) is 36.0 Å². The van der Waals surface area contributed by atoms with E-state index in [0.29, 0.717) is 6.42 Å². The summed E-state index contributed by atoms with van der Waals surface area (Å²) in [4.78, 5) is 0. The first-order chi connectivity index (χ1) is 7.75. The van der Waals surface area contributed by atoms with Crippen LogP contribution in [0.4, 0.5) is 0 Å². The minimum absolute atomic E-state index is 0. The van der Waals surface area contributed by atoms with Crippen molar-refractivity contribution in [3.8, 4) is 6.07 Å². The SMILES string of the molecule is Cc1cccc(CNCCCCC#N)c1C.Cl. The highest BCUT2D eigenvalue weighted by Crippen LogP contribution is 2.12. The van der Waals surface area contributed by atoms with Crippen LogP contribution in [0.2, 0.25) is 0 Å². The molecule has 0 atom stereocenters. The lowest BCUT2D eigenvalue weighted by Gasteiger charge is -2.09. The minimum atomic E-state index is 0. The lowest BCUT2D eigenvalue weighted by atomic mass is 10.0. The van der Waals surface area contributed by atoms with Gasteiger partial charge in [0.2, 0.25) is 0 Å². The van der Waals surface area contributed by atoms with E-state index in [-0.39, 0.29) is 12.4 Å². The van der Waals surface area contributed by atoms with Gasteiger partial charge in [-0.1, -0.05) is 18.2 Å². The lowest BCUT2D eigenvalue weighted by Crippen LogP contribution is -2.15. The summed E-state index contributed by atoms with van der Waals surface area (Å²) in [5, 5.41) is 11.8. The van der Waals surface area contributed by atoms with Crippen molar-refractivity contribution in [2.24, 2.45) is 0 Å². The van der Waals surface area contributed by atoms with Gasteiger partial charge < -0.3 is 5.32 Å². The molecule has 0 bridgehead atoms. The topological polar surface area (TPSA) is 35.8 Å². The van der Waals surface area contributed by atoms with Gasteiger partial charge >= 0.3 is 0 Å². The van der Waals surface area contributed by atoms with Crippen LogP contribution < -0.4 is 5.32 Å². The van der Waals surface area contributed by atoms with Crippen LogP contribution in [0.25, 0.3) is 0 Å². The van der Waals surface area contributed by atoms with E-state index in [0.717, 1.165) is 25.9 Å². The molecule has 0 unspecified atom stereocenters. The number of nitrogens with one attached hydrogen (secondary N) is 1. The first kappa shape index (κ1) is 16.0. The Morgan fingerprint density at radius 2 is 2.00 bits per heavy atom. The van der Waals surface area contributed by atoms with Crippen molar-refractivity contribution in [3.05, 3.63) is 34.9 Å². The average Bonchev–Trinajstić information content (AvgIpc) is 2.29. The zero-order chi connectivity index (χ0) is 11.8. The van der Waals surface area contributed by atoms with Crippen molar-refractivity contribution >= 4 is 12.4 Å². The summed E-state index contributed by atoms with van der Waals surface area (Å²) in [5.41, 5.74) is 4.11. The van der Waals surface area contributed by atoms with Gasteiger partial charge in [0.25, 0.3) is 0 Å². The van der Waals surface area contributed by atoms with Crippen molar-refractivity contribution in [1.82, 2.24) is 5.32 Å². The van der Waals surface area contributed by atoms with E-state index in [9.17, 15) is 0 Å². The van der Waals surface area contributed by atoms with Crippen LogP contribution in [0.5, 0.6) is 0 Å². The number of aryl methyl sites for hydroxylation is 1. The van der Waals surface area contributed by atoms with Crippen LogP contribution in [0.3, 0.4) is 0 Å². The van der Waals surface area contributed by atoms with Gasteiger partial charge in [0, 0.05) is 13.0 Å². The van der Waals surface area contributed by atoms with Crippen LogP contribution >= 0.6 is 12.4 Å². The van der Waals surface area contributed by atoms with Crippen molar-refractivity contribution in [2.75, 3.05) is 6.54 Å².